The first-order valence-corrected chi connectivity index (χ1v) is 9.28. The minimum Gasteiger partial charge on any atom is -0.345 e. The standard InChI is InChI=1S/C22H18BrN3O/c1-16(17-7-3-2-4-8-17)25-22(27)18(15-24)13-20-11-6-12-26(20)21-10-5-9-19(23)14-21/h2-14,16H,1H3,(H,25,27)/b18-13-/t16-/m1/s1. The predicted molar refractivity (Wildman–Crippen MR) is 110 cm³/mol. The Kier molecular flexibility index (Phi) is 5.90. The maximum absolute atomic E-state index is 12.6. The summed E-state index contributed by atoms with van der Waals surface area (Å²) in [5, 5.41) is 12.4. The molecule has 3 aromatic rings. The Labute approximate surface area is 166 Å². The van der Waals surface area contributed by atoms with Gasteiger partial charge in [0.15, 0.2) is 0 Å². The molecule has 1 atom stereocenters. The zero-order valence-electron chi connectivity index (χ0n) is 14.8. The van der Waals surface area contributed by atoms with Gasteiger partial charge in [-0.1, -0.05) is 52.3 Å². The number of carbonyl (C=O) groups is 1. The van der Waals surface area contributed by atoms with Crippen LogP contribution >= 0.6 is 15.9 Å². The molecule has 4 nitrogen and oxygen atoms in total. The largest absolute Gasteiger partial charge is 0.345 e. The van der Waals surface area contributed by atoms with Gasteiger partial charge in [-0.2, -0.15) is 5.26 Å². The molecule has 0 bridgehead atoms. The molecule has 3 rings (SSSR count). The molecular formula is C22H18BrN3O. The van der Waals surface area contributed by atoms with Crippen LogP contribution in [0.2, 0.25) is 0 Å². The van der Waals surface area contributed by atoms with Gasteiger partial charge in [0, 0.05) is 22.1 Å². The van der Waals surface area contributed by atoms with Crippen LogP contribution in [0.5, 0.6) is 0 Å². The highest BCUT2D eigenvalue weighted by Gasteiger charge is 2.14. The van der Waals surface area contributed by atoms with Gasteiger partial charge in [0.25, 0.3) is 5.91 Å². The molecule has 0 radical (unpaired) electrons. The van der Waals surface area contributed by atoms with Crippen molar-refractivity contribution in [1.82, 2.24) is 9.88 Å². The quantitative estimate of drug-likeness (QED) is 0.465. The van der Waals surface area contributed by atoms with Gasteiger partial charge in [-0.25, -0.2) is 0 Å². The van der Waals surface area contributed by atoms with E-state index >= 15 is 0 Å². The van der Waals surface area contributed by atoms with E-state index < -0.39 is 5.91 Å². The third-order valence-corrected chi connectivity index (χ3v) is 4.66. The van der Waals surface area contributed by atoms with E-state index in [1.807, 2.05) is 90.5 Å². The monoisotopic (exact) mass is 419 g/mol. The van der Waals surface area contributed by atoms with Crippen molar-refractivity contribution in [2.24, 2.45) is 0 Å². The molecule has 2 aromatic carbocycles. The molecule has 1 N–H and O–H groups in total. The molecule has 0 saturated heterocycles. The Balaban J connectivity index is 1.84. The van der Waals surface area contributed by atoms with Crippen molar-refractivity contribution in [3.05, 3.63) is 94.2 Å². The minimum absolute atomic E-state index is 0.0627. The average molecular weight is 420 g/mol. The number of nitriles is 1. The number of aromatic nitrogens is 1. The van der Waals surface area contributed by atoms with Crippen LogP contribution in [-0.2, 0) is 4.79 Å². The van der Waals surface area contributed by atoms with E-state index in [2.05, 4.69) is 21.2 Å². The van der Waals surface area contributed by atoms with Gasteiger partial charge in [0.1, 0.15) is 11.6 Å². The lowest BCUT2D eigenvalue weighted by atomic mass is 10.1. The SMILES string of the molecule is C[C@@H](NC(=O)/C(C#N)=C\c1cccn1-c1cccc(Br)c1)c1ccccc1. The first-order chi connectivity index (χ1) is 13.1. The van der Waals surface area contributed by atoms with Crippen molar-refractivity contribution in [2.75, 3.05) is 0 Å². The van der Waals surface area contributed by atoms with Gasteiger partial charge in [-0.05, 0) is 48.9 Å². The van der Waals surface area contributed by atoms with Crippen LogP contribution in [0.3, 0.4) is 0 Å². The summed E-state index contributed by atoms with van der Waals surface area (Å²) in [5.74, 6) is -0.393. The summed E-state index contributed by atoms with van der Waals surface area (Å²) < 4.78 is 2.88. The molecule has 0 aliphatic heterocycles. The zero-order valence-corrected chi connectivity index (χ0v) is 16.3. The molecule has 0 unspecified atom stereocenters. The highest BCUT2D eigenvalue weighted by atomic mass is 79.9. The first-order valence-electron chi connectivity index (χ1n) is 8.49. The van der Waals surface area contributed by atoms with Crippen LogP contribution in [-0.4, -0.2) is 10.5 Å². The van der Waals surface area contributed by atoms with E-state index in [1.54, 1.807) is 6.08 Å². The second-order valence-corrected chi connectivity index (χ2v) is 6.97. The van der Waals surface area contributed by atoms with Crippen LogP contribution in [0.15, 0.2) is 83.0 Å². The van der Waals surface area contributed by atoms with Crippen molar-refractivity contribution < 1.29 is 4.79 Å². The second kappa shape index (κ2) is 8.52. The number of hydrogen-bond acceptors (Lipinski definition) is 2. The summed E-state index contributed by atoms with van der Waals surface area (Å²) in [5.41, 5.74) is 2.75. The van der Waals surface area contributed by atoms with Crippen molar-refractivity contribution in [2.45, 2.75) is 13.0 Å². The third kappa shape index (κ3) is 4.55. The summed E-state index contributed by atoms with van der Waals surface area (Å²) in [6.45, 7) is 1.90. The Morgan fingerprint density at radius 2 is 1.93 bits per heavy atom. The molecule has 1 amide bonds. The molecule has 0 aliphatic rings. The topological polar surface area (TPSA) is 57.8 Å². The highest BCUT2D eigenvalue weighted by Crippen LogP contribution is 2.20. The predicted octanol–water partition coefficient (Wildman–Crippen LogP) is 5.02. The summed E-state index contributed by atoms with van der Waals surface area (Å²) in [4.78, 5) is 12.6. The van der Waals surface area contributed by atoms with Gasteiger partial charge < -0.3 is 9.88 Å². The maximum atomic E-state index is 12.6. The van der Waals surface area contributed by atoms with Crippen LogP contribution < -0.4 is 5.32 Å². The fourth-order valence-electron chi connectivity index (χ4n) is 2.77. The third-order valence-electron chi connectivity index (χ3n) is 4.17. The number of amides is 1. The first kappa shape index (κ1) is 18.7. The van der Waals surface area contributed by atoms with Gasteiger partial charge in [0.05, 0.1) is 6.04 Å². The van der Waals surface area contributed by atoms with Crippen molar-refractivity contribution in [3.63, 3.8) is 0 Å². The van der Waals surface area contributed by atoms with Crippen LogP contribution in [0.1, 0.15) is 24.2 Å². The second-order valence-electron chi connectivity index (χ2n) is 6.06. The summed E-state index contributed by atoms with van der Waals surface area (Å²) in [6.07, 6.45) is 3.50. The van der Waals surface area contributed by atoms with E-state index in [1.165, 1.54) is 0 Å². The van der Waals surface area contributed by atoms with E-state index in [9.17, 15) is 10.1 Å². The Morgan fingerprint density at radius 1 is 1.15 bits per heavy atom. The van der Waals surface area contributed by atoms with E-state index in [0.29, 0.717) is 0 Å². The van der Waals surface area contributed by atoms with Gasteiger partial charge in [0.2, 0.25) is 0 Å². The Bertz CT molecular complexity index is 1020. The number of hydrogen-bond donors (Lipinski definition) is 1. The van der Waals surface area contributed by atoms with Crippen LogP contribution in [0, 0.1) is 11.3 Å². The molecule has 1 aromatic heterocycles. The molecule has 0 aliphatic carbocycles. The zero-order chi connectivity index (χ0) is 19.2. The molecule has 27 heavy (non-hydrogen) atoms. The van der Waals surface area contributed by atoms with E-state index in [-0.39, 0.29) is 11.6 Å². The van der Waals surface area contributed by atoms with Gasteiger partial charge >= 0.3 is 0 Å². The van der Waals surface area contributed by atoms with Crippen molar-refractivity contribution in [1.29, 1.82) is 5.26 Å². The van der Waals surface area contributed by atoms with E-state index in [4.69, 9.17) is 0 Å². The van der Waals surface area contributed by atoms with E-state index in [0.717, 1.165) is 21.4 Å². The fourth-order valence-corrected chi connectivity index (χ4v) is 3.16. The lowest BCUT2D eigenvalue weighted by molar-refractivity contribution is -0.117. The minimum atomic E-state index is -0.393. The van der Waals surface area contributed by atoms with Crippen molar-refractivity contribution in [3.8, 4) is 11.8 Å². The maximum Gasteiger partial charge on any atom is 0.262 e. The summed E-state index contributed by atoms with van der Waals surface area (Å²) >= 11 is 3.46. The number of carbonyl (C=O) groups excluding carboxylic acids is 1. The smallest absolute Gasteiger partial charge is 0.262 e. The molecule has 0 fully saturated rings. The average Bonchev–Trinajstić information content (AvgIpc) is 3.15. The lowest BCUT2D eigenvalue weighted by Crippen LogP contribution is -2.27. The molecule has 134 valence electrons. The Morgan fingerprint density at radius 3 is 2.63 bits per heavy atom. The molecule has 0 saturated carbocycles. The molecule has 5 heteroatoms. The highest BCUT2D eigenvalue weighted by molar-refractivity contribution is 9.10. The Hall–Kier alpha value is -3.10. The van der Waals surface area contributed by atoms with Crippen LogP contribution in [0.4, 0.5) is 0 Å². The molecule has 1 heterocycles. The number of benzene rings is 2. The summed E-state index contributed by atoms with van der Waals surface area (Å²) in [6, 6.07) is 23.0. The molecule has 0 spiro atoms. The molecular weight excluding hydrogens is 402 g/mol. The van der Waals surface area contributed by atoms with Gasteiger partial charge in [-0.15, -0.1) is 0 Å². The number of nitrogens with one attached hydrogen (secondary N) is 1. The van der Waals surface area contributed by atoms with Gasteiger partial charge in [-0.3, -0.25) is 4.79 Å². The number of nitrogens with zero attached hydrogens (tertiary/aromatic N) is 2. The van der Waals surface area contributed by atoms with Crippen LogP contribution in [0.25, 0.3) is 11.8 Å². The number of rotatable bonds is 5. The lowest BCUT2D eigenvalue weighted by Gasteiger charge is -2.14. The fraction of sp³-hybridized carbons (Fsp3) is 0.0909. The summed E-state index contributed by atoms with van der Waals surface area (Å²) in [7, 11) is 0. The van der Waals surface area contributed by atoms with Crippen molar-refractivity contribution >= 4 is 27.9 Å². The normalized spacial score (nSPS) is 12.3. The number of halogens is 1.